The van der Waals surface area contributed by atoms with Crippen molar-refractivity contribution in [1.29, 1.82) is 0 Å². The Morgan fingerprint density at radius 3 is 2.24 bits per heavy atom. The summed E-state index contributed by atoms with van der Waals surface area (Å²) in [6.45, 7) is 4.25. The quantitative estimate of drug-likeness (QED) is 0.848. The maximum atomic E-state index is 10.8. The fourth-order valence-electron chi connectivity index (χ4n) is 2.21. The molecule has 0 aromatic heterocycles. The minimum atomic E-state index is -0.785. The number of carboxylic acid groups (broad SMARTS) is 1. The van der Waals surface area contributed by atoms with Gasteiger partial charge in [-0.3, -0.25) is 4.79 Å². The van der Waals surface area contributed by atoms with Crippen molar-refractivity contribution >= 4 is 17.7 Å². The smallest absolute Gasteiger partial charge is 0.307 e. The first kappa shape index (κ1) is 15.6. The second-order valence-electron chi connectivity index (χ2n) is 4.97. The van der Waals surface area contributed by atoms with Gasteiger partial charge in [0.1, 0.15) is 0 Å². The van der Waals surface area contributed by atoms with E-state index in [1.165, 1.54) is 20.9 Å². The van der Waals surface area contributed by atoms with Gasteiger partial charge >= 0.3 is 5.97 Å². The summed E-state index contributed by atoms with van der Waals surface area (Å²) in [6, 6.07) is 14.6. The minimum absolute atomic E-state index is 0.0865. The molecular weight excluding hydrogens is 280 g/mol. The maximum Gasteiger partial charge on any atom is 0.307 e. The number of hydrogen-bond acceptors (Lipinski definition) is 2. The van der Waals surface area contributed by atoms with Gasteiger partial charge in [0.2, 0.25) is 0 Å². The molecule has 0 saturated heterocycles. The Bertz CT molecular complexity index is 618. The molecule has 21 heavy (non-hydrogen) atoms. The molecule has 0 bridgehead atoms. The first-order valence-electron chi connectivity index (χ1n) is 7.22. The van der Waals surface area contributed by atoms with Crippen LogP contribution in [-0.4, -0.2) is 11.1 Å². The Kier molecular flexibility index (Phi) is 5.45. The lowest BCUT2D eigenvalue weighted by Crippen LogP contribution is -2.01. The average molecular weight is 300 g/mol. The third-order valence-corrected chi connectivity index (χ3v) is 4.55. The molecule has 0 amide bonds. The van der Waals surface area contributed by atoms with Crippen LogP contribution in [0.5, 0.6) is 0 Å². The third-order valence-electron chi connectivity index (χ3n) is 3.42. The number of carbonyl (C=O) groups is 1. The number of aryl methyl sites for hydroxylation is 2. The van der Waals surface area contributed by atoms with Crippen LogP contribution in [0.4, 0.5) is 0 Å². The molecule has 0 aliphatic heterocycles. The largest absolute Gasteiger partial charge is 0.481 e. The fraction of sp³-hybridized carbons (Fsp3) is 0.278. The van der Waals surface area contributed by atoms with E-state index < -0.39 is 5.97 Å². The molecule has 0 unspecified atom stereocenters. The SMILES string of the molecule is CCc1ccc(Sc2ccc(CC(=O)O)cc2CC)cc1. The summed E-state index contributed by atoms with van der Waals surface area (Å²) < 4.78 is 0. The van der Waals surface area contributed by atoms with Crippen molar-refractivity contribution in [3.05, 3.63) is 59.2 Å². The average Bonchev–Trinajstić information content (AvgIpc) is 2.49. The predicted molar refractivity (Wildman–Crippen MR) is 87.1 cm³/mol. The zero-order valence-corrected chi connectivity index (χ0v) is 13.2. The van der Waals surface area contributed by atoms with E-state index in [0.717, 1.165) is 18.4 Å². The molecule has 3 heteroatoms. The number of hydrogen-bond donors (Lipinski definition) is 1. The molecule has 2 aromatic carbocycles. The van der Waals surface area contributed by atoms with Gasteiger partial charge in [-0.25, -0.2) is 0 Å². The van der Waals surface area contributed by atoms with E-state index in [0.29, 0.717) is 0 Å². The number of benzene rings is 2. The zero-order chi connectivity index (χ0) is 15.2. The van der Waals surface area contributed by atoms with E-state index in [9.17, 15) is 4.79 Å². The molecule has 0 aliphatic rings. The van der Waals surface area contributed by atoms with Gasteiger partial charge in [0.25, 0.3) is 0 Å². The van der Waals surface area contributed by atoms with E-state index in [1.807, 2.05) is 18.2 Å². The normalized spacial score (nSPS) is 10.6. The number of rotatable bonds is 6. The molecule has 0 saturated carbocycles. The van der Waals surface area contributed by atoms with Gasteiger partial charge in [-0.2, -0.15) is 0 Å². The fourth-order valence-corrected chi connectivity index (χ4v) is 3.21. The van der Waals surface area contributed by atoms with Crippen molar-refractivity contribution in [2.75, 3.05) is 0 Å². The van der Waals surface area contributed by atoms with E-state index in [1.54, 1.807) is 11.8 Å². The summed E-state index contributed by atoms with van der Waals surface area (Å²) in [5.41, 5.74) is 3.41. The highest BCUT2D eigenvalue weighted by Crippen LogP contribution is 2.31. The van der Waals surface area contributed by atoms with Crippen LogP contribution < -0.4 is 0 Å². The van der Waals surface area contributed by atoms with E-state index in [4.69, 9.17) is 5.11 Å². The minimum Gasteiger partial charge on any atom is -0.481 e. The second kappa shape index (κ2) is 7.32. The van der Waals surface area contributed by atoms with Crippen LogP contribution in [0, 0.1) is 0 Å². The topological polar surface area (TPSA) is 37.3 Å². The first-order valence-corrected chi connectivity index (χ1v) is 8.04. The Balaban J connectivity index is 2.20. The Morgan fingerprint density at radius 2 is 1.67 bits per heavy atom. The molecule has 0 aliphatic carbocycles. The highest BCUT2D eigenvalue weighted by Gasteiger charge is 2.07. The highest BCUT2D eigenvalue weighted by atomic mass is 32.2. The number of carboxylic acids is 1. The molecule has 2 rings (SSSR count). The Morgan fingerprint density at radius 1 is 1.00 bits per heavy atom. The second-order valence-corrected chi connectivity index (χ2v) is 6.08. The predicted octanol–water partition coefficient (Wildman–Crippen LogP) is 4.59. The molecule has 110 valence electrons. The lowest BCUT2D eigenvalue weighted by atomic mass is 10.1. The number of aliphatic carboxylic acids is 1. The monoisotopic (exact) mass is 300 g/mol. The van der Waals surface area contributed by atoms with Crippen LogP contribution in [0.1, 0.15) is 30.5 Å². The van der Waals surface area contributed by atoms with E-state index in [-0.39, 0.29) is 6.42 Å². The van der Waals surface area contributed by atoms with Gasteiger partial charge in [-0.05, 0) is 47.7 Å². The summed E-state index contributed by atoms with van der Waals surface area (Å²) in [7, 11) is 0. The summed E-state index contributed by atoms with van der Waals surface area (Å²) in [6.07, 6.45) is 2.04. The lowest BCUT2D eigenvalue weighted by molar-refractivity contribution is -0.136. The molecule has 0 heterocycles. The van der Waals surface area contributed by atoms with Crippen LogP contribution in [0.3, 0.4) is 0 Å². The Labute approximate surface area is 130 Å². The van der Waals surface area contributed by atoms with Gasteiger partial charge in [0.05, 0.1) is 6.42 Å². The van der Waals surface area contributed by atoms with Crippen molar-refractivity contribution in [1.82, 2.24) is 0 Å². The van der Waals surface area contributed by atoms with Crippen molar-refractivity contribution in [3.8, 4) is 0 Å². The van der Waals surface area contributed by atoms with E-state index in [2.05, 4.69) is 38.1 Å². The molecule has 0 atom stereocenters. The molecule has 0 radical (unpaired) electrons. The molecule has 2 aromatic rings. The summed E-state index contributed by atoms with van der Waals surface area (Å²) in [4.78, 5) is 13.2. The van der Waals surface area contributed by atoms with Crippen LogP contribution >= 0.6 is 11.8 Å². The van der Waals surface area contributed by atoms with Crippen LogP contribution in [-0.2, 0) is 24.1 Å². The standard InChI is InChI=1S/C18H20O2S/c1-3-13-5-8-16(9-6-13)21-17-10-7-14(12-18(19)20)11-15(17)4-2/h5-11H,3-4,12H2,1-2H3,(H,19,20). The van der Waals surface area contributed by atoms with Crippen molar-refractivity contribution in [2.45, 2.75) is 42.9 Å². The summed E-state index contributed by atoms with van der Waals surface area (Å²) >= 11 is 1.74. The molecule has 1 N–H and O–H groups in total. The maximum absolute atomic E-state index is 10.8. The van der Waals surface area contributed by atoms with Gasteiger partial charge in [0.15, 0.2) is 0 Å². The summed E-state index contributed by atoms with van der Waals surface area (Å²) in [5.74, 6) is -0.785. The van der Waals surface area contributed by atoms with Gasteiger partial charge in [0, 0.05) is 9.79 Å². The Hall–Kier alpha value is -1.74. The van der Waals surface area contributed by atoms with Gasteiger partial charge < -0.3 is 5.11 Å². The van der Waals surface area contributed by atoms with Gasteiger partial charge in [-0.15, -0.1) is 0 Å². The third kappa shape index (κ3) is 4.36. The lowest BCUT2D eigenvalue weighted by Gasteiger charge is -2.10. The van der Waals surface area contributed by atoms with Crippen molar-refractivity contribution in [3.63, 3.8) is 0 Å². The molecule has 0 spiro atoms. The molecule has 2 nitrogen and oxygen atoms in total. The first-order chi connectivity index (χ1) is 10.1. The summed E-state index contributed by atoms with van der Waals surface area (Å²) in [5, 5.41) is 8.88. The van der Waals surface area contributed by atoms with Crippen LogP contribution in [0.15, 0.2) is 52.3 Å². The van der Waals surface area contributed by atoms with Crippen LogP contribution in [0.25, 0.3) is 0 Å². The van der Waals surface area contributed by atoms with Crippen molar-refractivity contribution in [2.24, 2.45) is 0 Å². The zero-order valence-electron chi connectivity index (χ0n) is 12.4. The highest BCUT2D eigenvalue weighted by molar-refractivity contribution is 7.99. The molecular formula is C18H20O2S. The van der Waals surface area contributed by atoms with Crippen molar-refractivity contribution < 1.29 is 9.90 Å². The molecule has 0 fully saturated rings. The van der Waals surface area contributed by atoms with E-state index >= 15 is 0 Å². The van der Waals surface area contributed by atoms with Gasteiger partial charge in [-0.1, -0.05) is 49.9 Å². The van der Waals surface area contributed by atoms with Crippen LogP contribution in [0.2, 0.25) is 0 Å².